The van der Waals surface area contributed by atoms with E-state index in [0.717, 1.165) is 17.3 Å². The van der Waals surface area contributed by atoms with Crippen molar-refractivity contribution < 1.29 is 4.42 Å². The molecule has 0 fully saturated rings. The molecule has 0 aliphatic heterocycles. The zero-order valence-electron chi connectivity index (χ0n) is 8.37. The second-order valence-electron chi connectivity index (χ2n) is 3.35. The highest BCUT2D eigenvalue weighted by Gasteiger charge is 2.07. The van der Waals surface area contributed by atoms with Crippen LogP contribution in [0.1, 0.15) is 23.6 Å². The second-order valence-corrected chi connectivity index (χ2v) is 4.78. The minimum Gasteiger partial charge on any atom is -0.468 e. The molecule has 0 aliphatic rings. The Morgan fingerprint density at radius 3 is 3.07 bits per heavy atom. The Morgan fingerprint density at radius 2 is 2.47 bits per heavy atom. The summed E-state index contributed by atoms with van der Waals surface area (Å²) in [5.74, 6) is 0.956. The van der Waals surface area contributed by atoms with E-state index in [1.807, 2.05) is 23.6 Å². The van der Waals surface area contributed by atoms with Gasteiger partial charge in [0.25, 0.3) is 0 Å². The van der Waals surface area contributed by atoms with Gasteiger partial charge in [-0.2, -0.15) is 0 Å². The van der Waals surface area contributed by atoms with E-state index >= 15 is 0 Å². The molecule has 0 saturated heterocycles. The van der Waals surface area contributed by atoms with Crippen LogP contribution in [0.4, 0.5) is 0 Å². The third-order valence-corrected chi connectivity index (χ3v) is 3.46. The van der Waals surface area contributed by atoms with E-state index in [2.05, 4.69) is 12.2 Å². The van der Waals surface area contributed by atoms with Crippen molar-refractivity contribution in [1.82, 2.24) is 5.32 Å². The van der Waals surface area contributed by atoms with Gasteiger partial charge in [-0.25, -0.2) is 0 Å². The first-order valence-electron chi connectivity index (χ1n) is 4.75. The van der Waals surface area contributed by atoms with Gasteiger partial charge in [-0.15, -0.1) is 11.3 Å². The van der Waals surface area contributed by atoms with Crippen LogP contribution in [0.2, 0.25) is 5.02 Å². The number of nitrogens with one attached hydrogen (secondary N) is 1. The first-order valence-corrected chi connectivity index (χ1v) is 6.01. The maximum atomic E-state index is 5.84. The van der Waals surface area contributed by atoms with Gasteiger partial charge in [-0.1, -0.05) is 11.6 Å². The molecule has 0 aromatic carbocycles. The Morgan fingerprint density at radius 1 is 1.60 bits per heavy atom. The van der Waals surface area contributed by atoms with Crippen LogP contribution in [0, 0.1) is 0 Å². The Hall–Kier alpha value is -0.770. The number of hydrogen-bond acceptors (Lipinski definition) is 3. The predicted octanol–water partition coefficient (Wildman–Crippen LogP) is 3.85. The van der Waals surface area contributed by atoms with Crippen LogP contribution in [0.3, 0.4) is 0 Å². The molecular formula is C11H12ClNOS. The van der Waals surface area contributed by atoms with Crippen LogP contribution in [-0.4, -0.2) is 0 Å². The molecule has 0 unspecified atom stereocenters. The van der Waals surface area contributed by atoms with Crippen molar-refractivity contribution >= 4 is 22.9 Å². The van der Waals surface area contributed by atoms with E-state index in [9.17, 15) is 0 Å². The quantitative estimate of drug-likeness (QED) is 0.880. The molecular weight excluding hydrogens is 230 g/mol. The van der Waals surface area contributed by atoms with E-state index in [1.165, 1.54) is 4.88 Å². The molecule has 0 saturated carbocycles. The van der Waals surface area contributed by atoms with Crippen LogP contribution >= 0.6 is 22.9 Å². The first-order chi connectivity index (χ1) is 7.25. The van der Waals surface area contributed by atoms with Gasteiger partial charge >= 0.3 is 0 Å². The molecule has 2 rings (SSSR count). The molecule has 0 spiro atoms. The summed E-state index contributed by atoms with van der Waals surface area (Å²) in [7, 11) is 0. The molecule has 2 aromatic rings. The van der Waals surface area contributed by atoms with Crippen LogP contribution in [-0.2, 0) is 6.54 Å². The van der Waals surface area contributed by atoms with Crippen molar-refractivity contribution in [2.75, 3.05) is 0 Å². The fraction of sp³-hybridized carbons (Fsp3) is 0.273. The molecule has 0 amide bonds. The molecule has 1 N–H and O–H groups in total. The van der Waals surface area contributed by atoms with Crippen LogP contribution < -0.4 is 5.32 Å². The molecule has 0 bridgehead atoms. The van der Waals surface area contributed by atoms with Gasteiger partial charge < -0.3 is 9.73 Å². The molecule has 1 atom stereocenters. The highest BCUT2D eigenvalue weighted by molar-refractivity contribution is 7.10. The van der Waals surface area contributed by atoms with E-state index in [4.69, 9.17) is 16.0 Å². The smallest absolute Gasteiger partial charge is 0.120 e. The second kappa shape index (κ2) is 4.84. The van der Waals surface area contributed by atoms with Crippen LogP contribution in [0.15, 0.2) is 34.3 Å². The first kappa shape index (κ1) is 10.7. The van der Waals surface area contributed by atoms with Gasteiger partial charge in [0.05, 0.1) is 17.3 Å². The number of halogens is 1. The zero-order valence-corrected chi connectivity index (χ0v) is 9.94. The van der Waals surface area contributed by atoms with Gasteiger partial charge in [0, 0.05) is 16.8 Å². The maximum absolute atomic E-state index is 5.84. The monoisotopic (exact) mass is 241 g/mol. The summed E-state index contributed by atoms with van der Waals surface area (Å²) in [5, 5.41) is 6.12. The summed E-state index contributed by atoms with van der Waals surface area (Å²) in [4.78, 5) is 1.23. The highest BCUT2D eigenvalue weighted by Crippen LogP contribution is 2.20. The fourth-order valence-corrected chi connectivity index (χ4v) is 2.36. The van der Waals surface area contributed by atoms with Crippen LogP contribution in [0.5, 0.6) is 0 Å². The van der Waals surface area contributed by atoms with Gasteiger partial charge in [0.15, 0.2) is 0 Å². The van der Waals surface area contributed by atoms with Crippen molar-refractivity contribution in [2.24, 2.45) is 0 Å². The summed E-state index contributed by atoms with van der Waals surface area (Å²) in [6.45, 7) is 2.90. The van der Waals surface area contributed by atoms with Gasteiger partial charge in [0.2, 0.25) is 0 Å². The number of furan rings is 1. The van der Waals surface area contributed by atoms with Crippen molar-refractivity contribution in [2.45, 2.75) is 19.5 Å². The average molecular weight is 242 g/mol. The lowest BCUT2D eigenvalue weighted by Crippen LogP contribution is -2.16. The summed E-state index contributed by atoms with van der Waals surface area (Å²) in [5.41, 5.74) is 0. The van der Waals surface area contributed by atoms with Crippen molar-refractivity contribution in [3.8, 4) is 0 Å². The summed E-state index contributed by atoms with van der Waals surface area (Å²) in [6, 6.07) is 6.07. The third kappa shape index (κ3) is 2.84. The van der Waals surface area contributed by atoms with Gasteiger partial charge in [-0.3, -0.25) is 0 Å². The van der Waals surface area contributed by atoms with Crippen molar-refractivity contribution in [1.29, 1.82) is 0 Å². The Balaban J connectivity index is 1.88. The highest BCUT2D eigenvalue weighted by atomic mass is 35.5. The lowest BCUT2D eigenvalue weighted by atomic mass is 10.2. The van der Waals surface area contributed by atoms with E-state index in [0.29, 0.717) is 0 Å². The topological polar surface area (TPSA) is 25.2 Å². The van der Waals surface area contributed by atoms with E-state index < -0.39 is 0 Å². The summed E-state index contributed by atoms with van der Waals surface area (Å²) < 4.78 is 5.30. The molecule has 0 aliphatic carbocycles. The van der Waals surface area contributed by atoms with Gasteiger partial charge in [-0.05, 0) is 25.1 Å². The minimum atomic E-state index is 0.223. The molecule has 15 heavy (non-hydrogen) atoms. The predicted molar refractivity (Wildman–Crippen MR) is 63.3 cm³/mol. The molecule has 2 nitrogen and oxygen atoms in total. The van der Waals surface area contributed by atoms with Crippen molar-refractivity contribution in [3.05, 3.63) is 45.5 Å². The molecule has 4 heteroatoms. The minimum absolute atomic E-state index is 0.223. The maximum Gasteiger partial charge on any atom is 0.120 e. The summed E-state index contributed by atoms with van der Waals surface area (Å²) in [6.07, 6.45) is 1.69. The summed E-state index contributed by atoms with van der Waals surface area (Å²) >= 11 is 7.50. The Kier molecular flexibility index (Phi) is 3.46. The third-order valence-electron chi connectivity index (χ3n) is 2.17. The normalized spacial score (nSPS) is 12.9. The zero-order chi connectivity index (χ0) is 10.7. The Bertz CT molecular complexity index is 410. The van der Waals surface area contributed by atoms with Crippen molar-refractivity contribution in [3.63, 3.8) is 0 Å². The average Bonchev–Trinajstić information content (AvgIpc) is 2.84. The molecule has 2 aromatic heterocycles. The SMILES string of the molecule is C[C@H](NCc1cc(Cl)cs1)c1ccco1. The van der Waals surface area contributed by atoms with Crippen LogP contribution in [0.25, 0.3) is 0 Å². The largest absolute Gasteiger partial charge is 0.468 e. The standard InChI is InChI=1S/C11H12ClNOS/c1-8(11-3-2-4-14-11)13-6-10-5-9(12)7-15-10/h2-5,7-8,13H,6H2,1H3/t8-/m0/s1. The van der Waals surface area contributed by atoms with E-state index in [-0.39, 0.29) is 6.04 Å². The number of hydrogen-bond donors (Lipinski definition) is 1. The van der Waals surface area contributed by atoms with Gasteiger partial charge in [0.1, 0.15) is 5.76 Å². The number of rotatable bonds is 4. The van der Waals surface area contributed by atoms with E-state index in [1.54, 1.807) is 17.6 Å². The molecule has 0 radical (unpaired) electrons. The molecule has 80 valence electrons. The fourth-order valence-electron chi connectivity index (χ4n) is 1.34. The lowest BCUT2D eigenvalue weighted by Gasteiger charge is -2.09. The molecule has 2 heterocycles. The number of thiophene rings is 1. The lowest BCUT2D eigenvalue weighted by molar-refractivity contribution is 0.431. The Labute approximate surface area is 97.9 Å².